The second-order valence-corrected chi connectivity index (χ2v) is 11.6. The van der Waals surface area contributed by atoms with Gasteiger partial charge in [0, 0.05) is 4.88 Å². The van der Waals surface area contributed by atoms with Gasteiger partial charge in [-0.1, -0.05) is 68.1 Å². The zero-order valence-electron chi connectivity index (χ0n) is 14.5. The Hall–Kier alpha value is -0.735. The Labute approximate surface area is 205 Å². The van der Waals surface area contributed by atoms with Gasteiger partial charge in [-0.15, -0.1) is 22.7 Å². The number of rotatable bonds is 2. The van der Waals surface area contributed by atoms with E-state index in [-0.39, 0.29) is 7.43 Å². The average molecular weight is 619 g/mol. The van der Waals surface area contributed by atoms with Gasteiger partial charge in [0.2, 0.25) is 0 Å². The molecule has 0 fully saturated rings. The van der Waals surface area contributed by atoms with Gasteiger partial charge >= 0.3 is 7.12 Å². The van der Waals surface area contributed by atoms with E-state index in [1.807, 2.05) is 24.3 Å². The molecule has 2 aromatic carbocycles. The molecule has 8 heteroatoms. The summed E-state index contributed by atoms with van der Waals surface area (Å²) in [5.74, 6) is 0. The van der Waals surface area contributed by atoms with Gasteiger partial charge in [-0.25, -0.2) is 0 Å². The molecule has 0 saturated heterocycles. The number of benzene rings is 2. The van der Waals surface area contributed by atoms with Crippen LogP contribution in [0.3, 0.4) is 0 Å². The van der Waals surface area contributed by atoms with Gasteiger partial charge in [0.05, 0.1) is 11.4 Å². The fourth-order valence-electron chi connectivity index (χ4n) is 1.99. The molecule has 2 N–H and O–H groups in total. The van der Waals surface area contributed by atoms with Crippen molar-refractivity contribution in [1.29, 1.82) is 0 Å². The van der Waals surface area contributed by atoms with Crippen molar-refractivity contribution in [2.45, 2.75) is 7.43 Å². The molecule has 0 radical (unpaired) electrons. The van der Waals surface area contributed by atoms with E-state index in [0.29, 0.717) is 5.46 Å². The summed E-state index contributed by atoms with van der Waals surface area (Å²) in [6.45, 7) is 0. The lowest BCUT2D eigenvalue weighted by Gasteiger charge is -1.94. The van der Waals surface area contributed by atoms with E-state index in [2.05, 4.69) is 84.2 Å². The van der Waals surface area contributed by atoms with Crippen LogP contribution in [-0.4, -0.2) is 17.2 Å². The zero-order chi connectivity index (χ0) is 20.4. The van der Waals surface area contributed by atoms with E-state index in [1.54, 1.807) is 46.9 Å². The first kappa shape index (κ1) is 26.3. The van der Waals surface area contributed by atoms with Crippen molar-refractivity contribution in [2.75, 3.05) is 0 Å². The van der Waals surface area contributed by atoms with Crippen LogP contribution < -0.4 is 5.46 Å². The maximum atomic E-state index is 8.58. The van der Waals surface area contributed by atoms with Crippen LogP contribution in [0.2, 0.25) is 0 Å². The summed E-state index contributed by atoms with van der Waals surface area (Å²) in [7, 11) is -1.34. The molecule has 4 aromatic rings. The highest BCUT2D eigenvalue weighted by Crippen LogP contribution is 2.30. The molecule has 2 aromatic heterocycles. The van der Waals surface area contributed by atoms with Gasteiger partial charge in [0.25, 0.3) is 0 Å². The minimum Gasteiger partial charge on any atom is -0.423 e. The van der Waals surface area contributed by atoms with Crippen molar-refractivity contribution in [3.8, 4) is 10.4 Å². The number of thiophene rings is 2. The van der Waals surface area contributed by atoms with Crippen molar-refractivity contribution in [1.82, 2.24) is 0 Å². The highest BCUT2D eigenvalue weighted by Gasteiger charge is 2.07. The van der Waals surface area contributed by atoms with Gasteiger partial charge in [-0.2, -0.15) is 0 Å². The third kappa shape index (κ3) is 10.2. The molecule has 152 valence electrons. The van der Waals surface area contributed by atoms with Crippen molar-refractivity contribution >= 4 is 83.0 Å². The molecule has 0 saturated carbocycles. The molecule has 0 aliphatic heterocycles. The summed E-state index contributed by atoms with van der Waals surface area (Å²) in [6.07, 6.45) is 0. The Kier molecular flexibility index (Phi) is 13.0. The Morgan fingerprint density at radius 2 is 1.03 bits per heavy atom. The third-order valence-corrected chi connectivity index (χ3v) is 7.10. The third-order valence-electron chi connectivity index (χ3n) is 3.27. The summed E-state index contributed by atoms with van der Waals surface area (Å²) in [6, 6.07) is 27.3. The molecule has 29 heavy (non-hydrogen) atoms. The Morgan fingerprint density at radius 1 is 0.586 bits per heavy atom. The number of hydrogen-bond acceptors (Lipinski definition) is 4. The lowest BCUT2D eigenvalue weighted by molar-refractivity contribution is 0.426. The first-order valence-electron chi connectivity index (χ1n) is 8.08. The predicted octanol–water partition coefficient (Wildman–Crippen LogP) is 7.45. The zero-order valence-corrected chi connectivity index (χ0v) is 20.9. The van der Waals surface area contributed by atoms with E-state index >= 15 is 0 Å². The van der Waals surface area contributed by atoms with E-state index in [1.165, 1.54) is 21.8 Å². The summed E-state index contributed by atoms with van der Waals surface area (Å²) >= 11 is 13.5. The van der Waals surface area contributed by atoms with Gasteiger partial charge in [-0.3, -0.25) is 0 Å². The van der Waals surface area contributed by atoms with Crippen LogP contribution in [0, 0.1) is 0 Å². The largest absolute Gasteiger partial charge is 0.488 e. The van der Waals surface area contributed by atoms with E-state index in [0.717, 1.165) is 0 Å². The molecule has 0 amide bonds. The van der Waals surface area contributed by atoms with Crippen molar-refractivity contribution in [3.63, 3.8) is 0 Å². The lowest BCUT2D eigenvalue weighted by Crippen LogP contribution is -2.29. The highest BCUT2D eigenvalue weighted by molar-refractivity contribution is 9.12. The maximum absolute atomic E-state index is 8.58. The Morgan fingerprint density at radius 3 is 1.38 bits per heavy atom. The molecule has 4 rings (SSSR count). The molecule has 0 aliphatic rings. The van der Waals surface area contributed by atoms with Gasteiger partial charge in [0.1, 0.15) is 0 Å². The maximum Gasteiger partial charge on any atom is 0.488 e. The molecular weight excluding hydrogens is 599 g/mol. The number of halogens is 3. The molecular formula is C21H20BBr3O2S2. The molecule has 0 spiro atoms. The van der Waals surface area contributed by atoms with E-state index in [9.17, 15) is 0 Å². The van der Waals surface area contributed by atoms with Crippen LogP contribution in [0.5, 0.6) is 0 Å². The minimum atomic E-state index is -1.34. The van der Waals surface area contributed by atoms with Crippen LogP contribution in [0.1, 0.15) is 7.43 Å². The topological polar surface area (TPSA) is 40.5 Å². The normalized spacial score (nSPS) is 9.28. The molecule has 0 bridgehead atoms. The first-order valence-corrected chi connectivity index (χ1v) is 12.1. The van der Waals surface area contributed by atoms with Crippen LogP contribution in [0.4, 0.5) is 0 Å². The van der Waals surface area contributed by atoms with Crippen LogP contribution in [0.15, 0.2) is 96.3 Å². The lowest BCUT2D eigenvalue weighted by atomic mass is 9.81. The second kappa shape index (κ2) is 14.3. The molecule has 2 heterocycles. The predicted molar refractivity (Wildman–Crippen MR) is 140 cm³/mol. The molecule has 0 unspecified atom stereocenters. The fraction of sp³-hybridized carbons (Fsp3) is 0.0476. The monoisotopic (exact) mass is 616 g/mol. The summed E-state index contributed by atoms with van der Waals surface area (Å²) < 4.78 is 3.51. The van der Waals surface area contributed by atoms with Crippen LogP contribution in [-0.2, 0) is 0 Å². The fourth-order valence-corrected chi connectivity index (χ4v) is 5.80. The molecule has 0 atom stereocenters. The Bertz CT molecular complexity index is 928. The van der Waals surface area contributed by atoms with Crippen LogP contribution >= 0.6 is 70.5 Å². The van der Waals surface area contributed by atoms with Gasteiger partial charge in [0.15, 0.2) is 0 Å². The standard InChI is InChI=1S/C10H7BrS.C6H7BO2.C4H2Br2S.CH4/c11-10-7-6-9(12-10)8-4-2-1-3-5-8;8-7(9)6-4-2-1-3-5-6;5-3-1-2-4(6)7-3;/h1-7H;1-5,8-9H;1-2H;1H4. The van der Waals surface area contributed by atoms with E-state index < -0.39 is 7.12 Å². The highest BCUT2D eigenvalue weighted by atomic mass is 79.9. The Balaban J connectivity index is 0.000000222. The first-order chi connectivity index (χ1) is 13.5. The molecule has 2 nitrogen and oxygen atoms in total. The van der Waals surface area contributed by atoms with Crippen molar-refractivity contribution in [2.24, 2.45) is 0 Å². The minimum absolute atomic E-state index is 0. The summed E-state index contributed by atoms with van der Waals surface area (Å²) in [5.41, 5.74) is 1.81. The smallest absolute Gasteiger partial charge is 0.423 e. The SMILES string of the molecule is Brc1ccc(-c2ccccc2)s1.Brc1ccc(Br)s1.C.OB(O)c1ccccc1. The number of hydrogen-bond donors (Lipinski definition) is 2. The quantitative estimate of drug-likeness (QED) is 0.229. The van der Waals surface area contributed by atoms with Crippen molar-refractivity contribution < 1.29 is 10.0 Å². The summed E-state index contributed by atoms with van der Waals surface area (Å²) in [5, 5.41) is 17.2. The second-order valence-electron chi connectivity index (χ2n) is 5.30. The molecule has 0 aliphatic carbocycles. The van der Waals surface area contributed by atoms with E-state index in [4.69, 9.17) is 10.0 Å². The van der Waals surface area contributed by atoms with Gasteiger partial charge < -0.3 is 10.0 Å². The van der Waals surface area contributed by atoms with Crippen LogP contribution in [0.25, 0.3) is 10.4 Å². The summed E-state index contributed by atoms with van der Waals surface area (Å²) in [4.78, 5) is 1.31. The average Bonchev–Trinajstić information content (AvgIpc) is 3.31. The van der Waals surface area contributed by atoms with Crippen molar-refractivity contribution in [3.05, 3.63) is 96.3 Å². The van der Waals surface area contributed by atoms with Gasteiger partial charge in [-0.05, 0) is 83.1 Å².